The first-order chi connectivity index (χ1) is 28.0. The van der Waals surface area contributed by atoms with E-state index in [0.29, 0.717) is 19.3 Å². The number of allylic oxidation sites excluding steroid dienone is 4. The van der Waals surface area contributed by atoms with Gasteiger partial charge in [-0.05, 0) is 70.6 Å². The van der Waals surface area contributed by atoms with Gasteiger partial charge in [0.1, 0.15) is 13.2 Å². The third-order valence-corrected chi connectivity index (χ3v) is 10.9. The van der Waals surface area contributed by atoms with Gasteiger partial charge >= 0.3 is 17.9 Å². The molecular formula is C51H94O6. The van der Waals surface area contributed by atoms with Crippen LogP contribution in [0.25, 0.3) is 0 Å². The summed E-state index contributed by atoms with van der Waals surface area (Å²) < 4.78 is 16.7. The van der Waals surface area contributed by atoms with E-state index in [9.17, 15) is 14.4 Å². The van der Waals surface area contributed by atoms with Crippen molar-refractivity contribution >= 4 is 17.9 Å². The molecule has 0 aliphatic carbocycles. The van der Waals surface area contributed by atoms with Gasteiger partial charge in [-0.1, -0.05) is 199 Å². The average Bonchev–Trinajstić information content (AvgIpc) is 3.21. The molecule has 0 fully saturated rings. The Morgan fingerprint density at radius 3 is 0.895 bits per heavy atom. The molecule has 1 atom stereocenters. The molecule has 0 aromatic rings. The molecule has 0 saturated carbocycles. The van der Waals surface area contributed by atoms with Crippen molar-refractivity contribution in [1.29, 1.82) is 0 Å². The third kappa shape index (κ3) is 44.8. The van der Waals surface area contributed by atoms with Crippen molar-refractivity contribution in [1.82, 2.24) is 0 Å². The van der Waals surface area contributed by atoms with Crippen molar-refractivity contribution in [3.63, 3.8) is 0 Å². The highest BCUT2D eigenvalue weighted by Crippen LogP contribution is 2.15. The Balaban J connectivity index is 4.35. The van der Waals surface area contributed by atoms with Crippen molar-refractivity contribution in [3.05, 3.63) is 24.3 Å². The first kappa shape index (κ1) is 54.9. The Morgan fingerprint density at radius 1 is 0.333 bits per heavy atom. The van der Waals surface area contributed by atoms with Crippen LogP contribution in [0.15, 0.2) is 24.3 Å². The second-order valence-corrected chi connectivity index (χ2v) is 16.7. The molecule has 0 spiro atoms. The molecule has 0 amide bonds. The van der Waals surface area contributed by atoms with Crippen LogP contribution in [0.4, 0.5) is 0 Å². The van der Waals surface area contributed by atoms with Crippen molar-refractivity contribution in [2.24, 2.45) is 0 Å². The van der Waals surface area contributed by atoms with E-state index in [2.05, 4.69) is 45.1 Å². The quantitative estimate of drug-likeness (QED) is 0.0264. The average molecular weight is 803 g/mol. The van der Waals surface area contributed by atoms with Gasteiger partial charge in [-0.2, -0.15) is 0 Å². The SMILES string of the molecule is CCCCCC/C=C\CCCCCCCC(=O)OC[C@@H](COC(=O)CCCCCCC/C=C\CCCCCCCC)OC(=O)CCCCCCCCCCCCC. The van der Waals surface area contributed by atoms with Crippen molar-refractivity contribution in [2.45, 2.75) is 271 Å². The molecule has 0 N–H and O–H groups in total. The molecule has 57 heavy (non-hydrogen) atoms. The van der Waals surface area contributed by atoms with E-state index in [0.717, 1.165) is 70.6 Å². The molecule has 0 unspecified atom stereocenters. The van der Waals surface area contributed by atoms with Crippen LogP contribution in [0.5, 0.6) is 0 Å². The molecule has 0 saturated heterocycles. The minimum absolute atomic E-state index is 0.0750. The summed E-state index contributed by atoms with van der Waals surface area (Å²) in [4.78, 5) is 37.8. The van der Waals surface area contributed by atoms with Gasteiger partial charge in [0.15, 0.2) is 6.10 Å². The number of rotatable bonds is 45. The van der Waals surface area contributed by atoms with Gasteiger partial charge in [0.2, 0.25) is 0 Å². The predicted octanol–water partition coefficient (Wildman–Crippen LogP) is 16.0. The zero-order valence-corrected chi connectivity index (χ0v) is 38.1. The molecule has 0 radical (unpaired) electrons. The fourth-order valence-corrected chi connectivity index (χ4v) is 7.14. The summed E-state index contributed by atoms with van der Waals surface area (Å²) in [5, 5.41) is 0. The maximum absolute atomic E-state index is 12.7. The molecule has 0 aliphatic heterocycles. The van der Waals surface area contributed by atoms with Crippen LogP contribution in [0.1, 0.15) is 265 Å². The van der Waals surface area contributed by atoms with Gasteiger partial charge in [0.05, 0.1) is 0 Å². The lowest BCUT2D eigenvalue weighted by Gasteiger charge is -2.18. The monoisotopic (exact) mass is 803 g/mol. The van der Waals surface area contributed by atoms with Crippen LogP contribution in [0.3, 0.4) is 0 Å². The second kappa shape index (κ2) is 46.6. The minimum Gasteiger partial charge on any atom is -0.462 e. The predicted molar refractivity (Wildman–Crippen MR) is 243 cm³/mol. The molecule has 6 heteroatoms. The summed E-state index contributed by atoms with van der Waals surface area (Å²) in [5.41, 5.74) is 0. The van der Waals surface area contributed by atoms with E-state index < -0.39 is 6.10 Å². The van der Waals surface area contributed by atoms with Crippen LogP contribution in [0.2, 0.25) is 0 Å². The number of carbonyl (C=O) groups is 3. The number of hydrogen-bond donors (Lipinski definition) is 0. The van der Waals surface area contributed by atoms with Crippen molar-refractivity contribution in [3.8, 4) is 0 Å². The number of unbranched alkanes of at least 4 members (excludes halogenated alkanes) is 30. The number of ether oxygens (including phenoxy) is 3. The van der Waals surface area contributed by atoms with E-state index in [4.69, 9.17) is 14.2 Å². The largest absolute Gasteiger partial charge is 0.462 e. The third-order valence-electron chi connectivity index (χ3n) is 10.9. The van der Waals surface area contributed by atoms with Crippen LogP contribution in [-0.2, 0) is 28.6 Å². The first-order valence-electron chi connectivity index (χ1n) is 24.8. The maximum Gasteiger partial charge on any atom is 0.306 e. The lowest BCUT2D eigenvalue weighted by atomic mass is 10.1. The Labute approximate surface area is 353 Å². The van der Waals surface area contributed by atoms with Crippen LogP contribution >= 0.6 is 0 Å². The van der Waals surface area contributed by atoms with Crippen molar-refractivity contribution in [2.75, 3.05) is 13.2 Å². The standard InChI is InChI=1S/C51H94O6/c1-4-7-10-13-16-19-22-24-25-27-30-32-35-38-41-44-50(53)56-47-48(57-51(54)45-42-39-36-33-28-21-18-15-12-9-6-3)46-55-49(52)43-40-37-34-31-29-26-23-20-17-14-11-8-5-2/h20,23-25,48H,4-19,21-22,26-47H2,1-3H3/b23-20-,25-24-/t48-/m0/s1. The Morgan fingerprint density at radius 2 is 0.579 bits per heavy atom. The van der Waals surface area contributed by atoms with E-state index in [-0.39, 0.29) is 31.1 Å². The lowest BCUT2D eigenvalue weighted by molar-refractivity contribution is -0.167. The highest BCUT2D eigenvalue weighted by molar-refractivity contribution is 5.71. The Bertz CT molecular complexity index is 927. The summed E-state index contributed by atoms with van der Waals surface area (Å²) in [7, 11) is 0. The summed E-state index contributed by atoms with van der Waals surface area (Å²) in [5.74, 6) is -0.883. The van der Waals surface area contributed by atoms with Crippen LogP contribution < -0.4 is 0 Å². The zero-order chi connectivity index (χ0) is 41.5. The topological polar surface area (TPSA) is 78.9 Å². The summed E-state index contributed by atoms with van der Waals surface area (Å²) in [6.45, 7) is 6.61. The summed E-state index contributed by atoms with van der Waals surface area (Å²) >= 11 is 0. The molecule has 6 nitrogen and oxygen atoms in total. The second-order valence-electron chi connectivity index (χ2n) is 16.7. The van der Waals surface area contributed by atoms with Crippen molar-refractivity contribution < 1.29 is 28.6 Å². The van der Waals surface area contributed by atoms with Gasteiger partial charge < -0.3 is 14.2 Å². The number of carbonyl (C=O) groups excluding carboxylic acids is 3. The van der Waals surface area contributed by atoms with E-state index in [1.165, 1.54) is 154 Å². The first-order valence-corrected chi connectivity index (χ1v) is 24.8. The summed E-state index contributed by atoms with van der Waals surface area (Å²) in [6.07, 6.45) is 51.5. The number of hydrogen-bond acceptors (Lipinski definition) is 6. The highest BCUT2D eigenvalue weighted by Gasteiger charge is 2.19. The Kier molecular flexibility index (Phi) is 44.9. The molecule has 0 bridgehead atoms. The van der Waals surface area contributed by atoms with Gasteiger partial charge in [0.25, 0.3) is 0 Å². The van der Waals surface area contributed by atoms with E-state index >= 15 is 0 Å². The molecule has 0 aliphatic rings. The zero-order valence-electron chi connectivity index (χ0n) is 38.1. The molecule has 0 heterocycles. The fraction of sp³-hybridized carbons (Fsp3) is 0.863. The fourth-order valence-electron chi connectivity index (χ4n) is 7.14. The van der Waals surface area contributed by atoms with Gasteiger partial charge in [0, 0.05) is 19.3 Å². The summed E-state index contributed by atoms with van der Waals surface area (Å²) in [6, 6.07) is 0. The lowest BCUT2D eigenvalue weighted by Crippen LogP contribution is -2.30. The number of esters is 3. The van der Waals surface area contributed by atoms with Crippen LogP contribution in [0, 0.1) is 0 Å². The van der Waals surface area contributed by atoms with Gasteiger partial charge in [-0.25, -0.2) is 0 Å². The normalized spacial score (nSPS) is 12.1. The minimum atomic E-state index is -0.771. The van der Waals surface area contributed by atoms with Gasteiger partial charge in [-0.15, -0.1) is 0 Å². The Hall–Kier alpha value is -2.11. The smallest absolute Gasteiger partial charge is 0.306 e. The van der Waals surface area contributed by atoms with Gasteiger partial charge in [-0.3, -0.25) is 14.4 Å². The van der Waals surface area contributed by atoms with E-state index in [1.54, 1.807) is 0 Å². The van der Waals surface area contributed by atoms with Crippen LogP contribution in [-0.4, -0.2) is 37.2 Å². The molecule has 0 rings (SSSR count). The highest BCUT2D eigenvalue weighted by atomic mass is 16.6. The molecule has 0 aromatic carbocycles. The molecular weight excluding hydrogens is 709 g/mol. The molecule has 334 valence electrons. The maximum atomic E-state index is 12.7. The molecule has 0 aromatic heterocycles. The van der Waals surface area contributed by atoms with E-state index in [1.807, 2.05) is 0 Å².